The molecule has 0 aliphatic carbocycles. The maximum Gasteiger partial charge on any atom is 0.341 e. The average molecular weight is 490 g/mol. The van der Waals surface area contributed by atoms with Crippen molar-refractivity contribution in [3.05, 3.63) is 37.3 Å². The Labute approximate surface area is 136 Å². The van der Waals surface area contributed by atoms with E-state index in [1.807, 2.05) is 0 Å². The Bertz CT molecular complexity index is 406. The second kappa shape index (κ2) is 10.0. The van der Waals surface area contributed by atoms with Crippen LogP contribution in [-0.4, -0.2) is 29.5 Å². The number of hydrogen-bond donors (Lipinski definition) is 2. The minimum Gasteiger partial charge on any atom is -0.482 e. The molecule has 0 aliphatic heterocycles. The van der Waals surface area contributed by atoms with Gasteiger partial charge in [-0.05, 0) is 31.0 Å². The molecule has 5 nitrogen and oxygen atoms in total. The fourth-order valence-corrected chi connectivity index (χ4v) is 1.26. The standard InChI is InChI=1S/C12H15NO4.CH3.U/c1-8(14)11(13)6-9-2-4-10(5-3-9)17-7-12(15)16;;/h2-5,11H,6-7,13H2,1H3,(H,15,16);1H3;/q;-1;/t11-;;/m0../s1. The zero-order valence-electron chi connectivity index (χ0n) is 11.1. The maximum atomic E-state index is 11.0. The topological polar surface area (TPSA) is 89.6 Å². The summed E-state index contributed by atoms with van der Waals surface area (Å²) >= 11 is 0. The molecular formula is C13H18NO4U-. The van der Waals surface area contributed by atoms with E-state index in [4.69, 9.17) is 15.6 Å². The Morgan fingerprint density at radius 1 is 1.32 bits per heavy atom. The number of carbonyl (C=O) groups excluding carboxylic acids is 1. The van der Waals surface area contributed by atoms with Crippen molar-refractivity contribution in [2.75, 3.05) is 6.61 Å². The number of carboxylic acid groups (broad SMARTS) is 1. The molecule has 104 valence electrons. The van der Waals surface area contributed by atoms with E-state index in [1.54, 1.807) is 24.3 Å². The SMILES string of the molecule is CC(=O)[C@@H](N)Cc1ccc(OCC(=O)O)cc1.[CH3-].[U]. The summed E-state index contributed by atoms with van der Waals surface area (Å²) in [5.41, 5.74) is 6.54. The second-order valence-electron chi connectivity index (χ2n) is 3.75. The molecule has 0 fully saturated rings. The summed E-state index contributed by atoms with van der Waals surface area (Å²) < 4.78 is 4.98. The molecule has 1 atom stereocenters. The van der Waals surface area contributed by atoms with Crippen molar-refractivity contribution in [3.63, 3.8) is 0 Å². The number of Topliss-reactive ketones (excluding diaryl/α,β-unsaturated/α-hetero) is 1. The van der Waals surface area contributed by atoms with Gasteiger partial charge < -0.3 is 23.0 Å². The fourth-order valence-electron chi connectivity index (χ4n) is 1.26. The number of carboxylic acids is 1. The van der Waals surface area contributed by atoms with E-state index < -0.39 is 12.0 Å². The predicted molar refractivity (Wildman–Crippen MR) is 68.3 cm³/mol. The Balaban J connectivity index is 0. The van der Waals surface area contributed by atoms with Gasteiger partial charge in [0.2, 0.25) is 0 Å². The van der Waals surface area contributed by atoms with Gasteiger partial charge in [-0.3, -0.25) is 4.79 Å². The van der Waals surface area contributed by atoms with Gasteiger partial charge in [-0.25, -0.2) is 4.79 Å². The zero-order valence-corrected chi connectivity index (χ0v) is 15.2. The van der Waals surface area contributed by atoms with Crippen molar-refractivity contribution in [1.29, 1.82) is 0 Å². The summed E-state index contributed by atoms with van der Waals surface area (Å²) in [6.07, 6.45) is 0.467. The van der Waals surface area contributed by atoms with Gasteiger partial charge in [0.05, 0.1) is 6.04 Å². The smallest absolute Gasteiger partial charge is 0.341 e. The molecular weight excluding hydrogens is 472 g/mol. The largest absolute Gasteiger partial charge is 0.482 e. The molecule has 0 unspecified atom stereocenters. The van der Waals surface area contributed by atoms with Crippen molar-refractivity contribution < 1.29 is 50.5 Å². The Morgan fingerprint density at radius 3 is 2.26 bits per heavy atom. The molecule has 0 saturated carbocycles. The molecule has 3 N–H and O–H groups in total. The Morgan fingerprint density at radius 2 is 1.84 bits per heavy atom. The molecule has 0 bridgehead atoms. The molecule has 0 saturated heterocycles. The van der Waals surface area contributed by atoms with E-state index in [-0.39, 0.29) is 50.9 Å². The zero-order chi connectivity index (χ0) is 12.8. The average Bonchev–Trinajstić information content (AvgIpc) is 2.28. The first-order valence-electron chi connectivity index (χ1n) is 5.18. The quantitative estimate of drug-likeness (QED) is 0.583. The van der Waals surface area contributed by atoms with Crippen LogP contribution in [0.15, 0.2) is 24.3 Å². The van der Waals surface area contributed by atoms with Crippen LogP contribution < -0.4 is 10.5 Å². The molecule has 19 heavy (non-hydrogen) atoms. The number of ether oxygens (including phenoxy) is 1. The fraction of sp³-hybridized carbons (Fsp3) is 0.308. The van der Waals surface area contributed by atoms with Crippen molar-refractivity contribution in [1.82, 2.24) is 0 Å². The van der Waals surface area contributed by atoms with E-state index in [0.717, 1.165) is 5.56 Å². The van der Waals surface area contributed by atoms with Crippen LogP contribution >= 0.6 is 0 Å². The van der Waals surface area contributed by atoms with Crippen LogP contribution in [0.25, 0.3) is 0 Å². The molecule has 0 aliphatic rings. The van der Waals surface area contributed by atoms with Crippen LogP contribution in [0.2, 0.25) is 0 Å². The summed E-state index contributed by atoms with van der Waals surface area (Å²) in [6, 6.07) is 6.34. The first-order valence-corrected chi connectivity index (χ1v) is 5.18. The molecule has 0 radical (unpaired) electrons. The molecule has 6 heteroatoms. The predicted octanol–water partition coefficient (Wildman–Crippen LogP) is 1.06. The van der Waals surface area contributed by atoms with Crippen molar-refractivity contribution in [2.24, 2.45) is 5.73 Å². The molecule has 1 aromatic carbocycles. The number of aliphatic carboxylic acids is 1. The van der Waals surface area contributed by atoms with Gasteiger partial charge in [0.25, 0.3) is 0 Å². The van der Waals surface area contributed by atoms with E-state index in [2.05, 4.69) is 0 Å². The number of ketones is 1. The van der Waals surface area contributed by atoms with Gasteiger partial charge in [-0.1, -0.05) is 12.1 Å². The van der Waals surface area contributed by atoms with Crippen molar-refractivity contribution >= 4 is 11.8 Å². The Kier molecular flexibility index (Phi) is 10.8. The second-order valence-corrected chi connectivity index (χ2v) is 3.75. The summed E-state index contributed by atoms with van der Waals surface area (Å²) in [5.74, 6) is -0.601. The van der Waals surface area contributed by atoms with E-state index in [9.17, 15) is 9.59 Å². The number of carbonyl (C=O) groups is 2. The van der Waals surface area contributed by atoms with Gasteiger partial charge in [0, 0.05) is 31.1 Å². The van der Waals surface area contributed by atoms with Gasteiger partial charge in [-0.2, -0.15) is 0 Å². The van der Waals surface area contributed by atoms with Crippen LogP contribution in [-0.2, 0) is 16.0 Å². The molecule has 0 heterocycles. The van der Waals surface area contributed by atoms with E-state index >= 15 is 0 Å². The first kappa shape index (κ1) is 20.5. The summed E-state index contributed by atoms with van der Waals surface area (Å²) in [5, 5.41) is 8.43. The van der Waals surface area contributed by atoms with Crippen LogP contribution in [0.3, 0.4) is 0 Å². The third-order valence-electron chi connectivity index (χ3n) is 2.26. The monoisotopic (exact) mass is 490 g/mol. The van der Waals surface area contributed by atoms with Gasteiger partial charge in [0.15, 0.2) is 6.61 Å². The molecule has 1 rings (SSSR count). The maximum absolute atomic E-state index is 11.0. The number of nitrogens with two attached hydrogens (primary N) is 1. The molecule has 0 aromatic heterocycles. The van der Waals surface area contributed by atoms with Crippen molar-refractivity contribution in [3.8, 4) is 5.75 Å². The van der Waals surface area contributed by atoms with Gasteiger partial charge >= 0.3 is 5.97 Å². The first-order chi connectivity index (χ1) is 7.99. The summed E-state index contributed by atoms with van der Waals surface area (Å²) in [6.45, 7) is 1.08. The van der Waals surface area contributed by atoms with Crippen molar-refractivity contribution in [2.45, 2.75) is 19.4 Å². The van der Waals surface area contributed by atoms with Crippen LogP contribution in [0.4, 0.5) is 0 Å². The number of benzene rings is 1. The van der Waals surface area contributed by atoms with E-state index in [1.165, 1.54) is 6.92 Å². The molecule has 0 amide bonds. The van der Waals surface area contributed by atoms with Gasteiger partial charge in [-0.15, -0.1) is 0 Å². The number of rotatable bonds is 6. The summed E-state index contributed by atoms with van der Waals surface area (Å²) in [4.78, 5) is 21.3. The number of hydrogen-bond acceptors (Lipinski definition) is 4. The molecule has 1 aromatic rings. The van der Waals surface area contributed by atoms with Crippen LogP contribution in [0.1, 0.15) is 12.5 Å². The van der Waals surface area contributed by atoms with Gasteiger partial charge in [0.1, 0.15) is 11.5 Å². The van der Waals surface area contributed by atoms with Crippen LogP contribution in [0.5, 0.6) is 5.75 Å². The normalized spacial score (nSPS) is 10.6. The van der Waals surface area contributed by atoms with Crippen LogP contribution in [0, 0.1) is 38.5 Å². The minimum atomic E-state index is -1.02. The molecule has 0 spiro atoms. The van der Waals surface area contributed by atoms with E-state index in [0.29, 0.717) is 12.2 Å². The third kappa shape index (κ3) is 8.04. The minimum absolute atomic E-state index is 0. The summed E-state index contributed by atoms with van der Waals surface area (Å²) in [7, 11) is 0. The Hall–Kier alpha value is -0.828. The third-order valence-corrected chi connectivity index (χ3v) is 2.26.